The summed E-state index contributed by atoms with van der Waals surface area (Å²) in [4.78, 5) is 0. The van der Waals surface area contributed by atoms with Crippen molar-refractivity contribution >= 4 is 16.1 Å². The minimum Gasteiger partial charge on any atom is -0.103 e. The van der Waals surface area contributed by atoms with Gasteiger partial charge in [0.05, 0.1) is 16.1 Å². The van der Waals surface area contributed by atoms with E-state index in [0.717, 1.165) is 0 Å². The largest absolute Gasteiger partial charge is 0.103 e. The molecular formula is C14H28Si2. The van der Waals surface area contributed by atoms with Crippen molar-refractivity contribution in [1.29, 1.82) is 0 Å². The number of allylic oxidation sites excluding steroid dienone is 3. The van der Waals surface area contributed by atoms with Gasteiger partial charge in [-0.25, -0.2) is 0 Å². The van der Waals surface area contributed by atoms with Crippen LogP contribution in [0.5, 0.6) is 0 Å². The summed E-state index contributed by atoms with van der Waals surface area (Å²) < 4.78 is 0. The molecule has 1 aliphatic rings. The van der Waals surface area contributed by atoms with E-state index in [9.17, 15) is 0 Å². The Morgan fingerprint density at radius 1 is 1.19 bits per heavy atom. The third kappa shape index (κ3) is 2.59. The van der Waals surface area contributed by atoms with Crippen LogP contribution in [0.3, 0.4) is 0 Å². The standard InChI is InChI=1S/C14H28Si2/c1-8-14(16(5,6)7)11-9-13(10-12-14)15(2,3)4/h8-9H,1,10-12H2,2-7H3. The third-order valence-corrected chi connectivity index (χ3v) is 10.4. The maximum absolute atomic E-state index is 4.13. The van der Waals surface area contributed by atoms with E-state index < -0.39 is 16.1 Å². The van der Waals surface area contributed by atoms with Crippen LogP contribution in [0.4, 0.5) is 0 Å². The SMILES string of the molecule is C=CC1([Si](C)(C)C)CC=C([Si](C)(C)C)CC1. The molecular weight excluding hydrogens is 224 g/mol. The first-order valence-corrected chi connectivity index (χ1v) is 13.5. The van der Waals surface area contributed by atoms with Crippen LogP contribution in [0.1, 0.15) is 19.3 Å². The molecule has 0 heterocycles. The Labute approximate surface area is 104 Å². The topological polar surface area (TPSA) is 0 Å². The van der Waals surface area contributed by atoms with E-state index in [4.69, 9.17) is 0 Å². The zero-order chi connectivity index (χ0) is 12.6. The Morgan fingerprint density at radius 3 is 2.00 bits per heavy atom. The maximum atomic E-state index is 4.13. The monoisotopic (exact) mass is 252 g/mol. The van der Waals surface area contributed by atoms with Gasteiger partial charge in [-0.15, -0.1) is 6.58 Å². The lowest BCUT2D eigenvalue weighted by atomic mass is 9.93. The highest BCUT2D eigenvalue weighted by Crippen LogP contribution is 2.51. The molecule has 0 aromatic carbocycles. The smallest absolute Gasteiger partial charge is 0.0720 e. The second-order valence-corrected chi connectivity index (χ2v) is 17.9. The van der Waals surface area contributed by atoms with Crippen molar-refractivity contribution in [3.8, 4) is 0 Å². The molecule has 1 rings (SSSR count). The highest BCUT2D eigenvalue weighted by atomic mass is 28.3. The summed E-state index contributed by atoms with van der Waals surface area (Å²) in [6.45, 7) is 19.0. The van der Waals surface area contributed by atoms with Crippen LogP contribution in [-0.2, 0) is 0 Å². The fourth-order valence-electron chi connectivity index (χ4n) is 2.72. The first-order chi connectivity index (χ1) is 7.12. The van der Waals surface area contributed by atoms with Gasteiger partial charge >= 0.3 is 0 Å². The Hall–Kier alpha value is -0.0862. The molecule has 0 aromatic heterocycles. The number of hydrogen-bond acceptors (Lipinski definition) is 0. The van der Waals surface area contributed by atoms with E-state index >= 15 is 0 Å². The molecule has 0 amide bonds. The van der Waals surface area contributed by atoms with E-state index in [-0.39, 0.29) is 0 Å². The van der Waals surface area contributed by atoms with Crippen molar-refractivity contribution in [2.45, 2.75) is 63.6 Å². The number of hydrogen-bond donors (Lipinski definition) is 0. The minimum absolute atomic E-state index is 0.455. The van der Waals surface area contributed by atoms with Crippen LogP contribution >= 0.6 is 0 Å². The molecule has 0 nitrogen and oxygen atoms in total. The Balaban J connectivity index is 2.95. The summed E-state index contributed by atoms with van der Waals surface area (Å²) in [6, 6.07) is 0. The van der Waals surface area contributed by atoms with Gasteiger partial charge in [0.15, 0.2) is 0 Å². The molecule has 0 saturated carbocycles. The molecule has 0 radical (unpaired) electrons. The van der Waals surface area contributed by atoms with Crippen LogP contribution in [0, 0.1) is 0 Å². The molecule has 92 valence electrons. The maximum Gasteiger partial charge on any atom is 0.0720 e. The van der Waals surface area contributed by atoms with Crippen LogP contribution in [0.15, 0.2) is 23.9 Å². The Kier molecular flexibility index (Phi) is 3.76. The predicted molar refractivity (Wildman–Crippen MR) is 81.5 cm³/mol. The zero-order valence-corrected chi connectivity index (χ0v) is 14.0. The average Bonchev–Trinajstić information content (AvgIpc) is 2.14. The van der Waals surface area contributed by atoms with E-state index in [1.165, 1.54) is 19.3 Å². The van der Waals surface area contributed by atoms with E-state index in [1.54, 1.807) is 5.20 Å². The predicted octanol–water partition coefficient (Wildman–Crippen LogP) is 5.24. The van der Waals surface area contributed by atoms with Gasteiger partial charge in [0.25, 0.3) is 0 Å². The minimum atomic E-state index is -1.14. The molecule has 2 heteroatoms. The molecule has 1 aliphatic carbocycles. The molecule has 0 N–H and O–H groups in total. The number of rotatable bonds is 3. The Bertz CT molecular complexity index is 302. The van der Waals surface area contributed by atoms with Crippen molar-refractivity contribution in [2.24, 2.45) is 0 Å². The zero-order valence-electron chi connectivity index (χ0n) is 12.0. The summed E-state index contributed by atoms with van der Waals surface area (Å²) in [5.74, 6) is 0. The lowest BCUT2D eigenvalue weighted by Crippen LogP contribution is -2.40. The lowest BCUT2D eigenvalue weighted by molar-refractivity contribution is 0.575. The fraction of sp³-hybridized carbons (Fsp3) is 0.714. The van der Waals surface area contributed by atoms with Gasteiger partial charge in [0, 0.05) is 0 Å². The quantitative estimate of drug-likeness (QED) is 0.476. The summed E-state index contributed by atoms with van der Waals surface area (Å²) >= 11 is 0. The highest BCUT2D eigenvalue weighted by Gasteiger charge is 2.42. The molecule has 0 bridgehead atoms. The van der Waals surface area contributed by atoms with Crippen molar-refractivity contribution in [3.05, 3.63) is 23.9 Å². The Morgan fingerprint density at radius 2 is 1.75 bits per heavy atom. The average molecular weight is 253 g/mol. The molecule has 1 unspecified atom stereocenters. The molecule has 0 spiro atoms. The molecule has 1 atom stereocenters. The van der Waals surface area contributed by atoms with Gasteiger partial charge in [-0.2, -0.15) is 0 Å². The third-order valence-electron chi connectivity index (χ3n) is 4.40. The molecule has 0 aliphatic heterocycles. The summed E-state index contributed by atoms with van der Waals surface area (Å²) in [7, 11) is -2.19. The van der Waals surface area contributed by atoms with Gasteiger partial charge in [0.2, 0.25) is 0 Å². The van der Waals surface area contributed by atoms with Gasteiger partial charge in [-0.3, -0.25) is 0 Å². The van der Waals surface area contributed by atoms with Gasteiger partial charge in [0.1, 0.15) is 0 Å². The van der Waals surface area contributed by atoms with E-state index in [1.807, 2.05) is 0 Å². The first-order valence-electron chi connectivity index (χ1n) is 6.45. The van der Waals surface area contributed by atoms with Crippen LogP contribution in [-0.4, -0.2) is 16.1 Å². The van der Waals surface area contributed by atoms with E-state index in [2.05, 4.69) is 58.0 Å². The van der Waals surface area contributed by atoms with Crippen molar-refractivity contribution in [2.75, 3.05) is 0 Å². The van der Waals surface area contributed by atoms with Crippen molar-refractivity contribution < 1.29 is 0 Å². The van der Waals surface area contributed by atoms with Gasteiger partial charge < -0.3 is 0 Å². The second-order valence-electron chi connectivity index (χ2n) is 7.29. The second kappa shape index (κ2) is 4.30. The highest BCUT2D eigenvalue weighted by molar-refractivity contribution is 6.83. The first kappa shape index (κ1) is 14.0. The van der Waals surface area contributed by atoms with Crippen LogP contribution in [0.25, 0.3) is 0 Å². The molecule has 16 heavy (non-hydrogen) atoms. The molecule has 0 saturated heterocycles. The van der Waals surface area contributed by atoms with Crippen LogP contribution in [0.2, 0.25) is 44.3 Å². The summed E-state index contributed by atoms with van der Waals surface area (Å²) in [6.07, 6.45) is 8.77. The van der Waals surface area contributed by atoms with E-state index in [0.29, 0.717) is 5.04 Å². The van der Waals surface area contributed by atoms with Gasteiger partial charge in [-0.05, 0) is 24.3 Å². The van der Waals surface area contributed by atoms with Gasteiger partial charge in [-0.1, -0.05) is 56.6 Å². The fourth-order valence-corrected chi connectivity index (χ4v) is 6.51. The van der Waals surface area contributed by atoms with Crippen LogP contribution < -0.4 is 0 Å². The molecule has 0 fully saturated rings. The van der Waals surface area contributed by atoms with Crippen molar-refractivity contribution in [1.82, 2.24) is 0 Å². The normalized spacial score (nSPS) is 27.5. The van der Waals surface area contributed by atoms with Crippen molar-refractivity contribution in [3.63, 3.8) is 0 Å². The summed E-state index contributed by atoms with van der Waals surface area (Å²) in [5, 5.41) is 2.24. The molecule has 0 aromatic rings. The lowest BCUT2D eigenvalue weighted by Gasteiger charge is -2.45. The summed E-state index contributed by atoms with van der Waals surface area (Å²) in [5.41, 5.74) is 0.